The van der Waals surface area contributed by atoms with Crippen molar-refractivity contribution in [2.24, 2.45) is 5.41 Å². The van der Waals surface area contributed by atoms with Gasteiger partial charge in [0.2, 0.25) is 5.91 Å². The highest BCUT2D eigenvalue weighted by molar-refractivity contribution is 5.79. The lowest BCUT2D eigenvalue weighted by Crippen LogP contribution is -2.45. The average Bonchev–Trinajstić information content (AvgIpc) is 2.56. The lowest BCUT2D eigenvalue weighted by atomic mass is 9.77. The third-order valence-electron chi connectivity index (χ3n) is 4.79. The number of rotatable bonds is 6. The summed E-state index contributed by atoms with van der Waals surface area (Å²) in [5.41, 5.74) is 0.375. The topological polar surface area (TPSA) is 49.8 Å². The standard InChI is InChI=1S/C17H23F2NO3/c1-2-17(12-21)7-9-20(10-8-17)15(22)11-13-5-3-4-6-14(13)23-16(18)19/h3-6,16,21H,2,7-12H2,1H3. The van der Waals surface area contributed by atoms with Crippen molar-refractivity contribution in [3.63, 3.8) is 0 Å². The number of carbonyl (C=O) groups is 1. The number of benzene rings is 1. The van der Waals surface area contributed by atoms with Crippen LogP contribution in [0.3, 0.4) is 0 Å². The van der Waals surface area contributed by atoms with E-state index in [0.29, 0.717) is 18.7 Å². The summed E-state index contributed by atoms with van der Waals surface area (Å²) in [7, 11) is 0. The minimum atomic E-state index is -2.91. The van der Waals surface area contributed by atoms with E-state index in [1.54, 1.807) is 23.1 Å². The molecule has 0 aromatic heterocycles. The van der Waals surface area contributed by atoms with Crippen molar-refractivity contribution in [2.45, 2.75) is 39.2 Å². The lowest BCUT2D eigenvalue weighted by molar-refractivity contribution is -0.133. The van der Waals surface area contributed by atoms with Gasteiger partial charge in [-0.2, -0.15) is 8.78 Å². The van der Waals surface area contributed by atoms with Gasteiger partial charge in [-0.05, 0) is 30.7 Å². The van der Waals surface area contributed by atoms with Crippen LogP contribution in [0, 0.1) is 5.41 Å². The maximum atomic E-state index is 12.4. The van der Waals surface area contributed by atoms with Crippen LogP contribution in [0.2, 0.25) is 0 Å². The van der Waals surface area contributed by atoms with E-state index in [1.807, 2.05) is 6.92 Å². The zero-order valence-corrected chi connectivity index (χ0v) is 13.3. The maximum Gasteiger partial charge on any atom is 0.387 e. The zero-order valence-electron chi connectivity index (χ0n) is 13.3. The number of nitrogens with zero attached hydrogens (tertiary/aromatic N) is 1. The number of aliphatic hydroxyl groups is 1. The van der Waals surface area contributed by atoms with E-state index in [2.05, 4.69) is 4.74 Å². The van der Waals surface area contributed by atoms with E-state index in [-0.39, 0.29) is 30.1 Å². The van der Waals surface area contributed by atoms with Crippen LogP contribution in [0.1, 0.15) is 31.7 Å². The molecule has 0 spiro atoms. The summed E-state index contributed by atoms with van der Waals surface area (Å²) < 4.78 is 29.3. The van der Waals surface area contributed by atoms with Crippen molar-refractivity contribution in [3.05, 3.63) is 29.8 Å². The molecule has 4 nitrogen and oxygen atoms in total. The number of halogens is 2. The van der Waals surface area contributed by atoms with E-state index in [1.165, 1.54) is 6.07 Å². The summed E-state index contributed by atoms with van der Waals surface area (Å²) in [5.74, 6) is -0.0518. The smallest absolute Gasteiger partial charge is 0.387 e. The Bertz CT molecular complexity index is 522. The van der Waals surface area contributed by atoms with Crippen molar-refractivity contribution in [3.8, 4) is 5.75 Å². The summed E-state index contributed by atoms with van der Waals surface area (Å²) in [4.78, 5) is 14.2. The summed E-state index contributed by atoms with van der Waals surface area (Å²) in [6.45, 7) is 0.453. The molecule has 6 heteroatoms. The lowest BCUT2D eigenvalue weighted by Gasteiger charge is -2.40. The highest BCUT2D eigenvalue weighted by Gasteiger charge is 2.33. The quantitative estimate of drug-likeness (QED) is 0.874. The van der Waals surface area contributed by atoms with Crippen molar-refractivity contribution in [1.82, 2.24) is 4.90 Å². The molecule has 128 valence electrons. The Hall–Kier alpha value is -1.69. The van der Waals surface area contributed by atoms with Crippen molar-refractivity contribution < 1.29 is 23.4 Å². The number of piperidine rings is 1. The minimum absolute atomic E-state index is 0.0428. The molecular weight excluding hydrogens is 304 g/mol. The fourth-order valence-corrected chi connectivity index (χ4v) is 2.99. The number of para-hydroxylation sites is 1. The molecule has 23 heavy (non-hydrogen) atoms. The molecule has 1 amide bonds. The van der Waals surface area contributed by atoms with E-state index < -0.39 is 6.61 Å². The van der Waals surface area contributed by atoms with Gasteiger partial charge in [-0.25, -0.2) is 0 Å². The number of carbonyl (C=O) groups excluding carboxylic acids is 1. The van der Waals surface area contributed by atoms with Gasteiger partial charge in [-0.1, -0.05) is 25.1 Å². The number of alkyl halides is 2. The van der Waals surface area contributed by atoms with Gasteiger partial charge < -0.3 is 14.7 Å². The molecule has 2 rings (SSSR count). The van der Waals surface area contributed by atoms with E-state index in [9.17, 15) is 18.7 Å². The van der Waals surface area contributed by atoms with Crippen LogP contribution in [0.15, 0.2) is 24.3 Å². The first-order valence-corrected chi connectivity index (χ1v) is 7.91. The first kappa shape index (κ1) is 17.7. The van der Waals surface area contributed by atoms with Crippen LogP contribution in [0.5, 0.6) is 5.75 Å². The summed E-state index contributed by atoms with van der Waals surface area (Å²) in [5, 5.41) is 9.53. The Morgan fingerprint density at radius 3 is 2.57 bits per heavy atom. The minimum Gasteiger partial charge on any atom is -0.435 e. The third kappa shape index (κ3) is 4.41. The first-order chi connectivity index (χ1) is 11.0. The molecule has 1 heterocycles. The predicted octanol–water partition coefficient (Wildman–Crippen LogP) is 2.84. The van der Waals surface area contributed by atoms with Crippen LogP contribution in [-0.4, -0.2) is 42.2 Å². The first-order valence-electron chi connectivity index (χ1n) is 7.91. The molecule has 1 aliphatic heterocycles. The van der Waals surface area contributed by atoms with Crippen LogP contribution < -0.4 is 4.74 Å². The molecule has 1 saturated heterocycles. The van der Waals surface area contributed by atoms with Gasteiger partial charge in [0.1, 0.15) is 5.75 Å². The van der Waals surface area contributed by atoms with Crippen LogP contribution in [0.4, 0.5) is 8.78 Å². The molecule has 0 unspecified atom stereocenters. The Morgan fingerprint density at radius 2 is 2.00 bits per heavy atom. The highest BCUT2D eigenvalue weighted by atomic mass is 19.3. The van der Waals surface area contributed by atoms with Gasteiger partial charge in [-0.3, -0.25) is 4.79 Å². The Morgan fingerprint density at radius 1 is 1.35 bits per heavy atom. The Balaban J connectivity index is 1.98. The summed E-state index contributed by atoms with van der Waals surface area (Å²) >= 11 is 0. The molecule has 1 aromatic carbocycles. The number of hydrogen-bond donors (Lipinski definition) is 1. The normalized spacial score (nSPS) is 17.3. The van der Waals surface area contributed by atoms with Gasteiger partial charge in [0.25, 0.3) is 0 Å². The fraction of sp³-hybridized carbons (Fsp3) is 0.588. The molecule has 1 fully saturated rings. The number of ether oxygens (including phenoxy) is 1. The molecule has 1 N–H and O–H groups in total. The second-order valence-electron chi connectivity index (χ2n) is 6.06. The molecular formula is C17H23F2NO3. The molecule has 1 aliphatic rings. The van der Waals surface area contributed by atoms with Crippen molar-refractivity contribution in [1.29, 1.82) is 0 Å². The molecule has 0 saturated carbocycles. The zero-order chi connectivity index (χ0) is 16.9. The van der Waals surface area contributed by atoms with Crippen LogP contribution >= 0.6 is 0 Å². The van der Waals surface area contributed by atoms with E-state index in [4.69, 9.17) is 0 Å². The average molecular weight is 327 g/mol. The molecule has 0 atom stereocenters. The monoisotopic (exact) mass is 327 g/mol. The molecule has 0 radical (unpaired) electrons. The third-order valence-corrected chi connectivity index (χ3v) is 4.79. The van der Waals surface area contributed by atoms with Gasteiger partial charge in [0.05, 0.1) is 6.42 Å². The summed E-state index contributed by atoms with van der Waals surface area (Å²) in [6, 6.07) is 6.37. The van der Waals surface area contributed by atoms with Crippen molar-refractivity contribution in [2.75, 3.05) is 19.7 Å². The van der Waals surface area contributed by atoms with E-state index in [0.717, 1.165) is 19.3 Å². The number of amides is 1. The van der Waals surface area contributed by atoms with Gasteiger partial charge in [0.15, 0.2) is 0 Å². The largest absolute Gasteiger partial charge is 0.435 e. The second-order valence-corrected chi connectivity index (χ2v) is 6.06. The molecule has 0 bridgehead atoms. The van der Waals surface area contributed by atoms with E-state index >= 15 is 0 Å². The Kier molecular flexibility index (Phi) is 5.93. The number of hydrogen-bond acceptors (Lipinski definition) is 3. The maximum absolute atomic E-state index is 12.4. The number of likely N-dealkylation sites (tertiary alicyclic amines) is 1. The second kappa shape index (κ2) is 7.73. The van der Waals surface area contributed by atoms with Gasteiger partial charge in [0, 0.05) is 25.3 Å². The Labute approximate surface area is 135 Å². The molecule has 1 aromatic rings. The SMILES string of the molecule is CCC1(CO)CCN(C(=O)Cc2ccccc2OC(F)F)CC1. The summed E-state index contributed by atoms with van der Waals surface area (Å²) in [6.07, 6.45) is 2.46. The molecule has 0 aliphatic carbocycles. The predicted molar refractivity (Wildman–Crippen MR) is 82.4 cm³/mol. The van der Waals surface area contributed by atoms with Crippen LogP contribution in [0.25, 0.3) is 0 Å². The number of aliphatic hydroxyl groups excluding tert-OH is 1. The van der Waals surface area contributed by atoms with Gasteiger partial charge >= 0.3 is 6.61 Å². The van der Waals surface area contributed by atoms with Crippen molar-refractivity contribution >= 4 is 5.91 Å². The fourth-order valence-electron chi connectivity index (χ4n) is 2.99. The van der Waals surface area contributed by atoms with Gasteiger partial charge in [-0.15, -0.1) is 0 Å². The van der Waals surface area contributed by atoms with Crippen LogP contribution in [-0.2, 0) is 11.2 Å². The highest BCUT2D eigenvalue weighted by Crippen LogP contribution is 2.34.